The molecule has 0 fully saturated rings. The second kappa shape index (κ2) is 4.49. The molecule has 3 nitrogen and oxygen atoms in total. The zero-order valence-corrected chi connectivity index (χ0v) is 9.82. The average molecular weight is 235 g/mol. The maximum Gasteiger partial charge on any atom is 0.159 e. The van der Waals surface area contributed by atoms with Gasteiger partial charge in [-0.05, 0) is 30.7 Å². The maximum atomic E-state index is 6.01. The minimum absolute atomic E-state index is 0.402. The Morgan fingerprint density at radius 3 is 2.75 bits per heavy atom. The first-order valence-electron chi connectivity index (χ1n) is 4.85. The Balaban J connectivity index is 2.53. The van der Waals surface area contributed by atoms with Crippen LogP contribution in [0.15, 0.2) is 30.3 Å². The number of benzene rings is 1. The molecule has 0 N–H and O–H groups in total. The SMILES string of the molecule is COc1cccc(-c2cc(C)nnc2Cl)c1. The molecule has 0 unspecified atom stereocenters. The second-order valence-corrected chi connectivity index (χ2v) is 3.78. The molecular formula is C12H11ClN2O. The van der Waals surface area contributed by atoms with Crippen molar-refractivity contribution < 1.29 is 4.74 Å². The Kier molecular flexibility index (Phi) is 3.06. The quantitative estimate of drug-likeness (QED) is 0.801. The van der Waals surface area contributed by atoms with E-state index in [1.54, 1.807) is 7.11 Å². The predicted molar refractivity (Wildman–Crippen MR) is 63.8 cm³/mol. The minimum atomic E-state index is 0.402. The lowest BCUT2D eigenvalue weighted by molar-refractivity contribution is 0.415. The van der Waals surface area contributed by atoms with Crippen molar-refractivity contribution in [3.05, 3.63) is 41.2 Å². The Labute approximate surface area is 99.0 Å². The molecule has 0 bridgehead atoms. The first-order valence-corrected chi connectivity index (χ1v) is 5.23. The van der Waals surface area contributed by atoms with Gasteiger partial charge in [-0.3, -0.25) is 0 Å². The van der Waals surface area contributed by atoms with Crippen molar-refractivity contribution in [3.63, 3.8) is 0 Å². The summed E-state index contributed by atoms with van der Waals surface area (Å²) in [4.78, 5) is 0. The van der Waals surface area contributed by atoms with Crippen molar-refractivity contribution >= 4 is 11.6 Å². The molecule has 0 aliphatic rings. The summed E-state index contributed by atoms with van der Waals surface area (Å²) in [7, 11) is 1.64. The topological polar surface area (TPSA) is 35.0 Å². The number of methoxy groups -OCH3 is 1. The second-order valence-electron chi connectivity index (χ2n) is 3.42. The van der Waals surface area contributed by atoms with Crippen LogP contribution in [0.5, 0.6) is 5.75 Å². The molecule has 0 aliphatic carbocycles. The van der Waals surface area contributed by atoms with E-state index >= 15 is 0 Å². The van der Waals surface area contributed by atoms with E-state index in [1.165, 1.54) is 0 Å². The van der Waals surface area contributed by atoms with Crippen LogP contribution in [0.3, 0.4) is 0 Å². The van der Waals surface area contributed by atoms with Gasteiger partial charge in [-0.1, -0.05) is 23.7 Å². The summed E-state index contributed by atoms with van der Waals surface area (Å²) in [6.07, 6.45) is 0. The summed E-state index contributed by atoms with van der Waals surface area (Å²) in [5, 5.41) is 8.18. The lowest BCUT2D eigenvalue weighted by atomic mass is 10.1. The number of ether oxygens (including phenoxy) is 1. The highest BCUT2D eigenvalue weighted by atomic mass is 35.5. The molecule has 0 radical (unpaired) electrons. The lowest BCUT2D eigenvalue weighted by Crippen LogP contribution is -1.91. The van der Waals surface area contributed by atoms with Gasteiger partial charge in [0, 0.05) is 5.56 Å². The third-order valence-electron chi connectivity index (χ3n) is 2.25. The molecule has 0 saturated heterocycles. The van der Waals surface area contributed by atoms with E-state index in [9.17, 15) is 0 Å². The van der Waals surface area contributed by atoms with Gasteiger partial charge in [0.05, 0.1) is 12.8 Å². The molecule has 2 rings (SSSR count). The van der Waals surface area contributed by atoms with Gasteiger partial charge >= 0.3 is 0 Å². The van der Waals surface area contributed by atoms with Crippen molar-refractivity contribution in [2.24, 2.45) is 0 Å². The van der Waals surface area contributed by atoms with Crippen molar-refractivity contribution in [3.8, 4) is 16.9 Å². The third kappa shape index (κ3) is 2.14. The number of rotatable bonds is 2. The molecule has 0 aliphatic heterocycles. The van der Waals surface area contributed by atoms with Gasteiger partial charge in [-0.15, -0.1) is 5.10 Å². The molecule has 82 valence electrons. The number of aromatic nitrogens is 2. The van der Waals surface area contributed by atoms with Gasteiger partial charge in [0.15, 0.2) is 5.15 Å². The highest BCUT2D eigenvalue weighted by Gasteiger charge is 2.06. The average Bonchev–Trinajstić information content (AvgIpc) is 2.32. The lowest BCUT2D eigenvalue weighted by Gasteiger charge is -2.06. The summed E-state index contributed by atoms with van der Waals surface area (Å²) in [6, 6.07) is 9.59. The van der Waals surface area contributed by atoms with E-state index in [0.717, 1.165) is 22.6 Å². The van der Waals surface area contributed by atoms with Gasteiger partial charge in [-0.25, -0.2) is 0 Å². The van der Waals surface area contributed by atoms with E-state index < -0.39 is 0 Å². The van der Waals surface area contributed by atoms with Gasteiger partial charge in [0.2, 0.25) is 0 Å². The molecule has 2 aromatic rings. The number of nitrogens with zero attached hydrogens (tertiary/aromatic N) is 2. The van der Waals surface area contributed by atoms with Gasteiger partial charge in [0.1, 0.15) is 5.75 Å². The molecule has 0 atom stereocenters. The van der Waals surface area contributed by atoms with Crippen molar-refractivity contribution in [2.75, 3.05) is 7.11 Å². The molecule has 1 heterocycles. The predicted octanol–water partition coefficient (Wildman–Crippen LogP) is 3.11. The van der Waals surface area contributed by atoms with Gasteiger partial charge in [-0.2, -0.15) is 5.10 Å². The molecule has 1 aromatic carbocycles. The van der Waals surface area contributed by atoms with Gasteiger partial charge in [0.25, 0.3) is 0 Å². The zero-order chi connectivity index (χ0) is 11.5. The van der Waals surface area contributed by atoms with E-state index in [1.807, 2.05) is 37.3 Å². The fraction of sp³-hybridized carbons (Fsp3) is 0.167. The Morgan fingerprint density at radius 1 is 1.19 bits per heavy atom. The minimum Gasteiger partial charge on any atom is -0.497 e. The molecule has 4 heteroatoms. The Morgan fingerprint density at radius 2 is 2.00 bits per heavy atom. The molecule has 1 aromatic heterocycles. The van der Waals surface area contributed by atoms with Crippen molar-refractivity contribution in [1.29, 1.82) is 0 Å². The van der Waals surface area contributed by atoms with E-state index in [0.29, 0.717) is 5.15 Å². The van der Waals surface area contributed by atoms with Crippen LogP contribution in [-0.2, 0) is 0 Å². The molecule has 0 saturated carbocycles. The summed E-state index contributed by atoms with van der Waals surface area (Å²) < 4.78 is 5.17. The molecule has 0 amide bonds. The highest BCUT2D eigenvalue weighted by molar-refractivity contribution is 6.32. The van der Waals surface area contributed by atoms with E-state index in [4.69, 9.17) is 16.3 Å². The first kappa shape index (κ1) is 10.9. The van der Waals surface area contributed by atoms with Crippen LogP contribution in [0.25, 0.3) is 11.1 Å². The summed E-state index contributed by atoms with van der Waals surface area (Å²) in [6.45, 7) is 1.88. The summed E-state index contributed by atoms with van der Waals surface area (Å²) in [5.41, 5.74) is 2.68. The number of halogens is 1. The van der Waals surface area contributed by atoms with Crippen LogP contribution >= 0.6 is 11.6 Å². The maximum absolute atomic E-state index is 6.01. The van der Waals surface area contributed by atoms with Crippen LogP contribution in [0.4, 0.5) is 0 Å². The van der Waals surface area contributed by atoms with Crippen molar-refractivity contribution in [1.82, 2.24) is 10.2 Å². The van der Waals surface area contributed by atoms with E-state index in [-0.39, 0.29) is 0 Å². The van der Waals surface area contributed by atoms with Crippen molar-refractivity contribution in [2.45, 2.75) is 6.92 Å². The fourth-order valence-corrected chi connectivity index (χ4v) is 1.67. The van der Waals surface area contributed by atoms with Crippen LogP contribution in [-0.4, -0.2) is 17.3 Å². The number of aryl methyl sites for hydroxylation is 1. The normalized spacial score (nSPS) is 10.2. The monoisotopic (exact) mass is 234 g/mol. The molecule has 16 heavy (non-hydrogen) atoms. The van der Waals surface area contributed by atoms with Crippen LogP contribution in [0, 0.1) is 6.92 Å². The number of hydrogen-bond donors (Lipinski definition) is 0. The number of hydrogen-bond acceptors (Lipinski definition) is 3. The molecule has 0 spiro atoms. The Bertz CT molecular complexity index is 514. The van der Waals surface area contributed by atoms with Crippen LogP contribution in [0.2, 0.25) is 5.15 Å². The van der Waals surface area contributed by atoms with E-state index in [2.05, 4.69) is 10.2 Å². The zero-order valence-electron chi connectivity index (χ0n) is 9.07. The highest BCUT2D eigenvalue weighted by Crippen LogP contribution is 2.28. The molecular weight excluding hydrogens is 224 g/mol. The Hall–Kier alpha value is -1.61. The third-order valence-corrected chi connectivity index (χ3v) is 2.53. The first-order chi connectivity index (χ1) is 7.70. The van der Waals surface area contributed by atoms with Crippen LogP contribution in [0.1, 0.15) is 5.69 Å². The summed E-state index contributed by atoms with van der Waals surface area (Å²) in [5.74, 6) is 0.794. The van der Waals surface area contributed by atoms with Crippen LogP contribution < -0.4 is 4.74 Å². The largest absolute Gasteiger partial charge is 0.497 e. The van der Waals surface area contributed by atoms with Gasteiger partial charge < -0.3 is 4.74 Å². The fourth-order valence-electron chi connectivity index (χ4n) is 1.47. The summed E-state index contributed by atoms with van der Waals surface area (Å²) >= 11 is 6.01. The standard InChI is InChI=1S/C12H11ClN2O/c1-8-6-11(12(13)15-14-8)9-4-3-5-10(7-9)16-2/h3-7H,1-2H3. The smallest absolute Gasteiger partial charge is 0.159 e.